The van der Waals surface area contributed by atoms with Gasteiger partial charge in [0, 0.05) is 10.4 Å². The summed E-state index contributed by atoms with van der Waals surface area (Å²) >= 11 is 5.90. The molecule has 20 heavy (non-hydrogen) atoms. The van der Waals surface area contributed by atoms with Crippen LogP contribution in [0.15, 0.2) is 18.2 Å². The summed E-state index contributed by atoms with van der Waals surface area (Å²) in [7, 11) is -3.53. The zero-order valence-corrected chi connectivity index (χ0v) is 13.7. The summed E-state index contributed by atoms with van der Waals surface area (Å²) in [5.41, 5.74) is 0.467. The standard InChI is InChI=1S/C14H22ClNO3S/c1-4-14(5-2,10-20(16,17)18)9-19-13-7-6-12(15)8-11(13)3/h6-8H,4-5,9-10H2,1-3H3,(H2,16,17,18). The summed E-state index contributed by atoms with van der Waals surface area (Å²) in [5.74, 6) is 0.648. The lowest BCUT2D eigenvalue weighted by Crippen LogP contribution is -2.37. The van der Waals surface area contributed by atoms with Gasteiger partial charge in [-0.1, -0.05) is 25.4 Å². The zero-order chi connectivity index (χ0) is 15.4. The molecule has 0 aliphatic carbocycles. The van der Waals surface area contributed by atoms with E-state index in [-0.39, 0.29) is 5.75 Å². The highest BCUT2D eigenvalue weighted by Crippen LogP contribution is 2.30. The Bertz CT molecular complexity index is 554. The van der Waals surface area contributed by atoms with Crippen LogP contribution in [0.4, 0.5) is 0 Å². The van der Waals surface area contributed by atoms with E-state index in [0.29, 0.717) is 24.5 Å². The number of primary sulfonamides is 1. The first-order chi connectivity index (χ1) is 9.21. The van der Waals surface area contributed by atoms with E-state index in [1.165, 1.54) is 0 Å². The van der Waals surface area contributed by atoms with E-state index in [0.717, 1.165) is 11.3 Å². The third-order valence-corrected chi connectivity index (χ3v) is 4.93. The molecule has 6 heteroatoms. The summed E-state index contributed by atoms with van der Waals surface area (Å²) in [6, 6.07) is 5.37. The Balaban J connectivity index is 2.86. The average Bonchev–Trinajstić information content (AvgIpc) is 2.35. The van der Waals surface area contributed by atoms with Crippen molar-refractivity contribution in [2.75, 3.05) is 12.4 Å². The van der Waals surface area contributed by atoms with Crippen molar-refractivity contribution in [2.24, 2.45) is 10.6 Å². The summed E-state index contributed by atoms with van der Waals surface area (Å²) in [6.45, 7) is 6.12. The Morgan fingerprint density at radius 1 is 1.30 bits per heavy atom. The molecule has 0 atom stereocenters. The van der Waals surface area contributed by atoms with Gasteiger partial charge in [-0.05, 0) is 43.5 Å². The lowest BCUT2D eigenvalue weighted by atomic mass is 9.85. The van der Waals surface area contributed by atoms with E-state index in [1.54, 1.807) is 12.1 Å². The predicted molar refractivity (Wildman–Crippen MR) is 82.7 cm³/mol. The Labute approximate surface area is 126 Å². The molecule has 0 aromatic heterocycles. The van der Waals surface area contributed by atoms with Gasteiger partial charge in [-0.25, -0.2) is 13.6 Å². The van der Waals surface area contributed by atoms with Gasteiger partial charge >= 0.3 is 0 Å². The smallest absolute Gasteiger partial charge is 0.209 e. The van der Waals surface area contributed by atoms with Crippen molar-refractivity contribution in [3.63, 3.8) is 0 Å². The fourth-order valence-corrected chi connectivity index (χ4v) is 3.70. The molecule has 0 fully saturated rings. The van der Waals surface area contributed by atoms with Gasteiger partial charge in [-0.2, -0.15) is 0 Å². The van der Waals surface area contributed by atoms with Gasteiger partial charge in [-0.15, -0.1) is 0 Å². The minimum atomic E-state index is -3.53. The number of ether oxygens (including phenoxy) is 1. The van der Waals surface area contributed by atoms with Crippen molar-refractivity contribution >= 4 is 21.6 Å². The zero-order valence-electron chi connectivity index (χ0n) is 12.1. The number of rotatable bonds is 7. The van der Waals surface area contributed by atoms with Gasteiger partial charge in [0.1, 0.15) is 5.75 Å². The normalized spacial score (nSPS) is 12.4. The molecule has 0 amide bonds. The van der Waals surface area contributed by atoms with Crippen molar-refractivity contribution in [3.8, 4) is 5.75 Å². The van der Waals surface area contributed by atoms with Gasteiger partial charge in [0.25, 0.3) is 0 Å². The second-order valence-corrected chi connectivity index (χ2v) is 7.26. The first-order valence-electron chi connectivity index (χ1n) is 6.61. The number of hydrogen-bond acceptors (Lipinski definition) is 3. The number of aryl methyl sites for hydroxylation is 1. The van der Waals surface area contributed by atoms with Crippen molar-refractivity contribution in [3.05, 3.63) is 28.8 Å². The van der Waals surface area contributed by atoms with E-state index < -0.39 is 15.4 Å². The predicted octanol–water partition coefficient (Wildman–Crippen LogP) is 3.12. The second-order valence-electron chi connectivity index (χ2n) is 5.21. The Morgan fingerprint density at radius 3 is 2.35 bits per heavy atom. The highest BCUT2D eigenvalue weighted by Gasteiger charge is 2.32. The van der Waals surface area contributed by atoms with Crippen LogP contribution in [-0.4, -0.2) is 20.8 Å². The molecule has 0 spiro atoms. The Morgan fingerprint density at radius 2 is 1.90 bits per heavy atom. The molecule has 0 saturated carbocycles. The van der Waals surface area contributed by atoms with Crippen LogP contribution >= 0.6 is 11.6 Å². The molecule has 0 unspecified atom stereocenters. The maximum absolute atomic E-state index is 11.4. The summed E-state index contributed by atoms with van der Waals surface area (Å²) in [4.78, 5) is 0. The highest BCUT2D eigenvalue weighted by atomic mass is 35.5. The van der Waals surface area contributed by atoms with Crippen LogP contribution in [-0.2, 0) is 10.0 Å². The number of benzene rings is 1. The van der Waals surface area contributed by atoms with Crippen LogP contribution in [0.2, 0.25) is 5.02 Å². The molecule has 0 aliphatic rings. The number of halogens is 1. The number of sulfonamides is 1. The van der Waals surface area contributed by atoms with E-state index in [4.69, 9.17) is 21.5 Å². The van der Waals surface area contributed by atoms with Crippen LogP contribution in [0.5, 0.6) is 5.75 Å². The molecule has 2 N–H and O–H groups in total. The first kappa shape index (κ1) is 17.3. The van der Waals surface area contributed by atoms with Gasteiger partial charge in [-0.3, -0.25) is 0 Å². The largest absolute Gasteiger partial charge is 0.493 e. The second kappa shape index (κ2) is 6.78. The fraction of sp³-hybridized carbons (Fsp3) is 0.571. The van der Waals surface area contributed by atoms with Gasteiger partial charge in [0.15, 0.2) is 0 Å². The molecule has 4 nitrogen and oxygen atoms in total. The van der Waals surface area contributed by atoms with Crippen molar-refractivity contribution in [1.29, 1.82) is 0 Å². The lowest BCUT2D eigenvalue weighted by Gasteiger charge is -2.30. The molecule has 114 valence electrons. The third-order valence-electron chi connectivity index (χ3n) is 3.68. The van der Waals surface area contributed by atoms with Crippen LogP contribution in [0.1, 0.15) is 32.3 Å². The quantitative estimate of drug-likeness (QED) is 0.839. The number of hydrogen-bond donors (Lipinski definition) is 1. The molecule has 0 radical (unpaired) electrons. The number of nitrogens with two attached hydrogens (primary N) is 1. The van der Waals surface area contributed by atoms with Crippen LogP contribution in [0.3, 0.4) is 0 Å². The van der Waals surface area contributed by atoms with Crippen molar-refractivity contribution in [2.45, 2.75) is 33.6 Å². The maximum atomic E-state index is 11.4. The van der Waals surface area contributed by atoms with Crippen molar-refractivity contribution in [1.82, 2.24) is 0 Å². The minimum Gasteiger partial charge on any atom is -0.493 e. The lowest BCUT2D eigenvalue weighted by molar-refractivity contribution is 0.154. The first-order valence-corrected chi connectivity index (χ1v) is 8.70. The molecule has 1 rings (SSSR count). The summed E-state index contributed by atoms with van der Waals surface area (Å²) in [6.07, 6.45) is 1.37. The molecule has 0 saturated heterocycles. The molecule has 0 bridgehead atoms. The van der Waals surface area contributed by atoms with Gasteiger partial charge < -0.3 is 4.74 Å². The van der Waals surface area contributed by atoms with Gasteiger partial charge in [0.05, 0.1) is 12.4 Å². The van der Waals surface area contributed by atoms with Crippen molar-refractivity contribution < 1.29 is 13.2 Å². The molecule has 0 heterocycles. The molecular weight excluding hydrogens is 298 g/mol. The maximum Gasteiger partial charge on any atom is 0.209 e. The highest BCUT2D eigenvalue weighted by molar-refractivity contribution is 7.89. The fourth-order valence-electron chi connectivity index (χ4n) is 2.13. The van der Waals surface area contributed by atoms with E-state index >= 15 is 0 Å². The van der Waals surface area contributed by atoms with Crippen LogP contribution < -0.4 is 9.88 Å². The molecule has 1 aromatic carbocycles. The SMILES string of the molecule is CCC(CC)(COc1ccc(Cl)cc1C)CS(N)(=O)=O. The Kier molecular flexibility index (Phi) is 5.86. The summed E-state index contributed by atoms with van der Waals surface area (Å²) < 4.78 is 28.6. The van der Waals surface area contributed by atoms with E-state index in [9.17, 15) is 8.42 Å². The van der Waals surface area contributed by atoms with Crippen LogP contribution in [0.25, 0.3) is 0 Å². The van der Waals surface area contributed by atoms with E-state index in [2.05, 4.69) is 0 Å². The van der Waals surface area contributed by atoms with Crippen LogP contribution in [0, 0.1) is 12.3 Å². The Hall–Kier alpha value is -0.780. The molecule has 1 aromatic rings. The van der Waals surface area contributed by atoms with Gasteiger partial charge in [0.2, 0.25) is 10.0 Å². The monoisotopic (exact) mass is 319 g/mol. The summed E-state index contributed by atoms with van der Waals surface area (Å²) in [5, 5.41) is 5.84. The minimum absolute atomic E-state index is 0.0698. The third kappa shape index (κ3) is 4.96. The molecule has 0 aliphatic heterocycles. The molecular formula is C14H22ClNO3S. The topological polar surface area (TPSA) is 69.4 Å². The average molecular weight is 320 g/mol. The van der Waals surface area contributed by atoms with E-state index in [1.807, 2.05) is 26.8 Å².